The Morgan fingerprint density at radius 3 is 2.88 bits per heavy atom. The first kappa shape index (κ1) is 15.1. The van der Waals surface area contributed by atoms with Crippen molar-refractivity contribution in [2.24, 2.45) is 0 Å². The molecule has 5 heteroatoms. The van der Waals surface area contributed by atoms with Crippen LogP contribution in [0.2, 0.25) is 0 Å². The van der Waals surface area contributed by atoms with Crippen LogP contribution in [0, 0.1) is 0 Å². The molecule has 1 N–H and O–H groups in total. The largest absolute Gasteiger partial charge is 0.497 e. The molecule has 2 heterocycles. The average molecular weight is 351 g/mol. The minimum absolute atomic E-state index is 0.550. The van der Waals surface area contributed by atoms with Gasteiger partial charge < -0.3 is 10.1 Å². The number of rotatable bonds is 4. The number of ether oxygens (including phenoxy) is 1. The highest BCUT2D eigenvalue weighted by atomic mass is 32.1. The fourth-order valence-corrected chi connectivity index (χ4v) is 4.89. The molecule has 0 bridgehead atoms. The van der Waals surface area contributed by atoms with Crippen molar-refractivity contribution in [1.82, 2.24) is 9.97 Å². The summed E-state index contributed by atoms with van der Waals surface area (Å²) < 4.78 is 5.36. The van der Waals surface area contributed by atoms with E-state index in [1.807, 2.05) is 29.5 Å². The molecule has 3 aromatic rings. The number of aromatic nitrogens is 2. The van der Waals surface area contributed by atoms with Crippen LogP contribution in [0.5, 0.6) is 5.75 Å². The van der Waals surface area contributed by atoms with Crippen LogP contribution in [0.15, 0.2) is 24.3 Å². The first-order chi connectivity index (χ1) is 12.3. The van der Waals surface area contributed by atoms with Gasteiger partial charge in [0, 0.05) is 22.5 Å². The number of benzene rings is 1. The molecular weight excluding hydrogens is 330 g/mol. The molecule has 0 amide bonds. The third-order valence-electron chi connectivity index (χ3n) is 5.11. The normalized spacial score (nSPS) is 16.7. The van der Waals surface area contributed by atoms with E-state index in [1.54, 1.807) is 7.11 Å². The molecule has 1 aromatic carbocycles. The van der Waals surface area contributed by atoms with Crippen molar-refractivity contribution in [2.45, 2.75) is 44.4 Å². The zero-order valence-corrected chi connectivity index (χ0v) is 15.2. The molecule has 1 fully saturated rings. The van der Waals surface area contributed by atoms with Crippen molar-refractivity contribution in [3.05, 3.63) is 40.5 Å². The summed E-state index contributed by atoms with van der Waals surface area (Å²) in [5.41, 5.74) is 2.48. The molecule has 2 aliphatic carbocycles. The monoisotopic (exact) mass is 351 g/mol. The second-order valence-electron chi connectivity index (χ2n) is 6.95. The molecule has 0 unspecified atom stereocenters. The Morgan fingerprint density at radius 1 is 1.16 bits per heavy atom. The summed E-state index contributed by atoms with van der Waals surface area (Å²) in [6.07, 6.45) is 7.33. The summed E-state index contributed by atoms with van der Waals surface area (Å²) >= 11 is 1.88. The lowest BCUT2D eigenvalue weighted by Gasteiger charge is -2.13. The van der Waals surface area contributed by atoms with Gasteiger partial charge in [0.1, 0.15) is 22.2 Å². The Morgan fingerprint density at radius 2 is 2.04 bits per heavy atom. The van der Waals surface area contributed by atoms with Gasteiger partial charge in [-0.3, -0.25) is 0 Å². The smallest absolute Gasteiger partial charge is 0.143 e. The van der Waals surface area contributed by atoms with Gasteiger partial charge in [-0.1, -0.05) is 6.07 Å². The van der Waals surface area contributed by atoms with Gasteiger partial charge in [-0.25, -0.2) is 9.97 Å². The minimum atomic E-state index is 0.550. The second kappa shape index (κ2) is 5.99. The molecular formula is C20H21N3OS. The Labute approximate surface area is 151 Å². The van der Waals surface area contributed by atoms with E-state index in [9.17, 15) is 0 Å². The van der Waals surface area contributed by atoms with Crippen LogP contribution in [-0.2, 0) is 12.8 Å². The second-order valence-corrected chi connectivity index (χ2v) is 8.04. The summed E-state index contributed by atoms with van der Waals surface area (Å²) in [7, 11) is 1.70. The van der Waals surface area contributed by atoms with Gasteiger partial charge in [0.25, 0.3) is 0 Å². The highest BCUT2D eigenvalue weighted by Crippen LogP contribution is 2.43. The van der Waals surface area contributed by atoms with E-state index in [4.69, 9.17) is 14.7 Å². The summed E-state index contributed by atoms with van der Waals surface area (Å²) in [5, 5.41) is 4.80. The molecule has 0 spiro atoms. The van der Waals surface area contributed by atoms with E-state index >= 15 is 0 Å². The van der Waals surface area contributed by atoms with E-state index in [1.165, 1.54) is 47.9 Å². The molecule has 128 valence electrons. The Kier molecular flexibility index (Phi) is 3.63. The molecule has 2 aliphatic rings. The van der Waals surface area contributed by atoms with Gasteiger partial charge >= 0.3 is 0 Å². The molecule has 0 radical (unpaired) electrons. The quantitative estimate of drug-likeness (QED) is 0.702. The number of fused-ring (bicyclic) bond motifs is 3. The lowest BCUT2D eigenvalue weighted by Crippen LogP contribution is -2.03. The number of nitrogens with zero attached hydrogens (tertiary/aromatic N) is 2. The van der Waals surface area contributed by atoms with E-state index < -0.39 is 0 Å². The van der Waals surface area contributed by atoms with Gasteiger partial charge in [-0.2, -0.15) is 0 Å². The zero-order chi connectivity index (χ0) is 16.8. The summed E-state index contributed by atoms with van der Waals surface area (Å²) in [6, 6.07) is 8.04. The van der Waals surface area contributed by atoms with Crippen molar-refractivity contribution in [2.75, 3.05) is 12.4 Å². The zero-order valence-electron chi connectivity index (χ0n) is 14.3. The lowest BCUT2D eigenvalue weighted by atomic mass is 9.97. The van der Waals surface area contributed by atoms with Crippen molar-refractivity contribution in [3.63, 3.8) is 0 Å². The third kappa shape index (κ3) is 2.76. The number of anilines is 2. The highest BCUT2D eigenvalue weighted by Gasteiger charge is 2.29. The number of nitrogens with one attached hydrogen (secondary N) is 1. The molecule has 4 nitrogen and oxygen atoms in total. The minimum Gasteiger partial charge on any atom is -0.497 e. The summed E-state index contributed by atoms with van der Waals surface area (Å²) in [5.74, 6) is 3.38. The summed E-state index contributed by atoms with van der Waals surface area (Å²) in [4.78, 5) is 12.5. The number of aryl methyl sites for hydroxylation is 2. The predicted octanol–water partition coefficient (Wildman–Crippen LogP) is 5.20. The van der Waals surface area contributed by atoms with Crippen LogP contribution in [0.4, 0.5) is 11.5 Å². The topological polar surface area (TPSA) is 47.0 Å². The van der Waals surface area contributed by atoms with Gasteiger partial charge in [0.15, 0.2) is 0 Å². The molecule has 2 aromatic heterocycles. The number of methoxy groups -OCH3 is 1. The SMILES string of the molecule is COc1cccc(Nc2nc(C3CC3)nc3sc4c(c23)CCCC4)c1. The molecule has 0 atom stereocenters. The van der Waals surface area contributed by atoms with E-state index in [2.05, 4.69) is 11.4 Å². The first-order valence-corrected chi connectivity index (χ1v) is 9.87. The maximum Gasteiger partial charge on any atom is 0.143 e. The molecule has 25 heavy (non-hydrogen) atoms. The highest BCUT2D eigenvalue weighted by molar-refractivity contribution is 7.19. The van der Waals surface area contributed by atoms with Crippen molar-refractivity contribution in [3.8, 4) is 5.75 Å². The average Bonchev–Trinajstić information content (AvgIpc) is 3.42. The van der Waals surface area contributed by atoms with Crippen LogP contribution in [0.1, 0.15) is 47.9 Å². The summed E-state index contributed by atoms with van der Waals surface area (Å²) in [6.45, 7) is 0. The van der Waals surface area contributed by atoms with Crippen LogP contribution in [-0.4, -0.2) is 17.1 Å². The molecule has 0 saturated heterocycles. The Hall–Kier alpha value is -2.14. The standard InChI is InChI=1S/C20H21N3OS/c1-24-14-6-4-5-13(11-14)21-19-17-15-7-2-3-8-16(15)25-20(17)23-18(22-19)12-9-10-12/h4-6,11-12H,2-3,7-10H2,1H3,(H,21,22,23). The van der Waals surface area contributed by atoms with E-state index in [-0.39, 0.29) is 0 Å². The van der Waals surface area contributed by atoms with Crippen molar-refractivity contribution in [1.29, 1.82) is 0 Å². The third-order valence-corrected chi connectivity index (χ3v) is 6.29. The number of thiophene rings is 1. The molecule has 0 aliphatic heterocycles. The predicted molar refractivity (Wildman–Crippen MR) is 102 cm³/mol. The van der Waals surface area contributed by atoms with Crippen molar-refractivity contribution >= 4 is 33.1 Å². The van der Waals surface area contributed by atoms with E-state index in [0.29, 0.717) is 5.92 Å². The lowest BCUT2D eigenvalue weighted by molar-refractivity contribution is 0.415. The fourth-order valence-electron chi connectivity index (χ4n) is 3.63. The van der Waals surface area contributed by atoms with Gasteiger partial charge in [0.05, 0.1) is 12.5 Å². The van der Waals surface area contributed by atoms with Crippen LogP contribution >= 0.6 is 11.3 Å². The van der Waals surface area contributed by atoms with E-state index in [0.717, 1.165) is 34.3 Å². The Bertz CT molecular complexity index is 946. The van der Waals surface area contributed by atoms with Gasteiger partial charge in [-0.15, -0.1) is 11.3 Å². The van der Waals surface area contributed by atoms with Gasteiger partial charge in [0.2, 0.25) is 0 Å². The van der Waals surface area contributed by atoms with Gasteiger partial charge in [-0.05, 0) is 56.2 Å². The van der Waals surface area contributed by atoms with Crippen LogP contribution in [0.25, 0.3) is 10.2 Å². The first-order valence-electron chi connectivity index (χ1n) is 9.05. The maximum atomic E-state index is 5.36. The fraction of sp³-hybridized carbons (Fsp3) is 0.400. The molecule has 1 saturated carbocycles. The molecule has 5 rings (SSSR count). The van der Waals surface area contributed by atoms with Crippen LogP contribution < -0.4 is 10.1 Å². The van der Waals surface area contributed by atoms with Crippen LogP contribution in [0.3, 0.4) is 0 Å². The maximum absolute atomic E-state index is 5.36. The number of hydrogen-bond donors (Lipinski definition) is 1. The Balaban J connectivity index is 1.64. The van der Waals surface area contributed by atoms with Crippen molar-refractivity contribution < 1.29 is 4.74 Å². The number of hydrogen-bond acceptors (Lipinski definition) is 5.